The van der Waals surface area contributed by atoms with E-state index >= 15 is 0 Å². The Morgan fingerprint density at radius 3 is 1.59 bits per heavy atom. The van der Waals surface area contributed by atoms with Crippen molar-refractivity contribution in [2.45, 2.75) is 90.1 Å². The van der Waals surface area contributed by atoms with Crippen LogP contribution in [0, 0.1) is 0 Å². The van der Waals surface area contributed by atoms with Crippen molar-refractivity contribution in [1.29, 1.82) is 0 Å². The minimum atomic E-state index is -0.270. The van der Waals surface area contributed by atoms with Crippen LogP contribution in [-0.4, -0.2) is 99.6 Å². The van der Waals surface area contributed by atoms with Gasteiger partial charge in [0.05, 0.1) is 12.4 Å². The standard InChI is InChI=1S/C31H36N8O2.C23H29N7O2/c1-4-21(3)33-24-14-12-23(13-15-24)29(41)34-25-9-8-10-26(19-25)35-31-37-30(36-28-22(5-2)20-32-39(28)31)38-17-7-6-11-27(38)16-18-40;1-3-16-15-24-30-21(16)27-22(29-12-6-5-10-19(29)11-13-31)28-23(30)26-18-9-7-8-17(14-18)25-20(32)4-2/h4,8-10,12-15,19-20,27,33,40H,1,3,5-7,11,16-18H2,2H3,(H,34,41)(H,35,36,37);4,7-9,14-15,19,31H,2-3,5-6,10-13H2,1H3,(H,25,32)(H,26,27,28). The Balaban J connectivity index is 0.000000201. The summed E-state index contributed by atoms with van der Waals surface area (Å²) in [5.74, 6) is 1.86. The quantitative estimate of drug-likeness (QED) is 0.0297. The summed E-state index contributed by atoms with van der Waals surface area (Å²) in [5.41, 5.74) is 8.43. The zero-order valence-corrected chi connectivity index (χ0v) is 41.6. The number of anilines is 9. The van der Waals surface area contributed by atoms with Crippen LogP contribution in [0.2, 0.25) is 0 Å². The Kier molecular flexibility index (Phi) is 17.0. The highest BCUT2D eigenvalue weighted by molar-refractivity contribution is 6.04. The summed E-state index contributed by atoms with van der Waals surface area (Å²) >= 11 is 0. The van der Waals surface area contributed by atoms with E-state index in [4.69, 9.17) is 19.9 Å². The molecule has 7 N–H and O–H groups in total. The Hall–Kier alpha value is -8.16. The fourth-order valence-electron chi connectivity index (χ4n) is 9.11. The number of amides is 2. The molecule has 2 atom stereocenters. The number of piperidine rings is 2. The van der Waals surface area contributed by atoms with Gasteiger partial charge in [0, 0.05) is 89.2 Å². The van der Waals surface area contributed by atoms with Gasteiger partial charge >= 0.3 is 0 Å². The molecule has 380 valence electrons. The summed E-state index contributed by atoms with van der Waals surface area (Å²) in [7, 11) is 0. The molecule has 2 fully saturated rings. The number of hydrogen-bond acceptors (Lipinski definition) is 15. The van der Waals surface area contributed by atoms with Crippen molar-refractivity contribution >= 4 is 75.3 Å². The van der Waals surface area contributed by atoms with E-state index in [1.54, 1.807) is 27.2 Å². The Morgan fingerprint density at radius 2 is 1.12 bits per heavy atom. The average molecular weight is 988 g/mol. The molecule has 4 aromatic heterocycles. The number of allylic oxidation sites excluding steroid dienone is 1. The van der Waals surface area contributed by atoms with Crippen LogP contribution in [0.5, 0.6) is 0 Å². The van der Waals surface area contributed by atoms with Crippen LogP contribution >= 0.6 is 0 Å². The van der Waals surface area contributed by atoms with E-state index in [-0.39, 0.29) is 37.1 Å². The maximum atomic E-state index is 12.9. The second-order valence-electron chi connectivity index (χ2n) is 17.9. The highest BCUT2D eigenvalue weighted by Gasteiger charge is 2.28. The van der Waals surface area contributed by atoms with Gasteiger partial charge in [0.2, 0.25) is 29.7 Å². The van der Waals surface area contributed by atoms with E-state index in [9.17, 15) is 19.8 Å². The molecule has 0 bridgehead atoms. The number of aliphatic hydroxyl groups is 2. The van der Waals surface area contributed by atoms with Crippen LogP contribution in [0.4, 0.5) is 52.2 Å². The average Bonchev–Trinajstić information content (AvgIpc) is 4.04. The number of rotatable bonds is 19. The number of benzene rings is 3. The van der Waals surface area contributed by atoms with Crippen molar-refractivity contribution in [1.82, 2.24) is 39.2 Å². The molecular weight excluding hydrogens is 923 g/mol. The molecule has 2 saturated heterocycles. The van der Waals surface area contributed by atoms with Crippen molar-refractivity contribution in [3.8, 4) is 0 Å². The molecule has 0 saturated carbocycles. The topological polar surface area (TPSA) is 227 Å². The SMILES string of the molecule is C=CC(=C)Nc1ccc(C(=O)Nc2cccc(Nc3nc(N4CCCCC4CCO)nc4c(CC)cnn34)c2)cc1.C=CC(=O)Nc1cccc(Nc2nc(N3CCCCC3CCO)nc3c(CC)cnn23)c1. The van der Waals surface area contributed by atoms with E-state index < -0.39 is 0 Å². The lowest BCUT2D eigenvalue weighted by molar-refractivity contribution is -0.111. The lowest BCUT2D eigenvalue weighted by Crippen LogP contribution is -2.41. The van der Waals surface area contributed by atoms with E-state index in [2.05, 4.69) is 80.2 Å². The van der Waals surface area contributed by atoms with Crippen molar-refractivity contribution in [3.63, 3.8) is 0 Å². The minimum absolute atomic E-state index is 0.131. The number of aryl methyl sites for hydroxylation is 2. The largest absolute Gasteiger partial charge is 0.396 e. The van der Waals surface area contributed by atoms with E-state index in [0.29, 0.717) is 59.3 Å². The van der Waals surface area contributed by atoms with Crippen LogP contribution in [0.3, 0.4) is 0 Å². The molecule has 0 radical (unpaired) electrons. The maximum Gasteiger partial charge on any atom is 0.255 e. The van der Waals surface area contributed by atoms with Gasteiger partial charge in [-0.25, -0.2) is 0 Å². The number of nitrogens with one attached hydrogen (secondary N) is 5. The van der Waals surface area contributed by atoms with Crippen molar-refractivity contribution in [3.05, 3.63) is 139 Å². The third-order valence-corrected chi connectivity index (χ3v) is 13.0. The third-order valence-electron chi connectivity index (χ3n) is 13.0. The van der Waals surface area contributed by atoms with E-state index in [1.165, 1.54) is 6.08 Å². The molecule has 0 spiro atoms. The Labute approximate surface area is 425 Å². The molecule has 7 aromatic rings. The van der Waals surface area contributed by atoms with Crippen LogP contribution < -0.4 is 36.4 Å². The molecule has 19 heteroatoms. The lowest BCUT2D eigenvalue weighted by atomic mass is 10.0. The fourth-order valence-corrected chi connectivity index (χ4v) is 9.11. The molecule has 9 rings (SSSR count). The van der Waals surface area contributed by atoms with Crippen molar-refractivity contribution in [2.24, 2.45) is 0 Å². The van der Waals surface area contributed by atoms with Crippen LogP contribution in [0.15, 0.2) is 123 Å². The molecule has 6 heterocycles. The van der Waals surface area contributed by atoms with Gasteiger partial charge in [0.25, 0.3) is 5.91 Å². The summed E-state index contributed by atoms with van der Waals surface area (Å²) in [6, 6.07) is 22.4. The molecule has 73 heavy (non-hydrogen) atoms. The molecule has 2 unspecified atom stereocenters. The molecular formula is C54H65N15O4. The summed E-state index contributed by atoms with van der Waals surface area (Å²) in [6.07, 6.45) is 15.9. The number of aliphatic hydroxyl groups excluding tert-OH is 2. The lowest BCUT2D eigenvalue weighted by Gasteiger charge is -2.35. The summed E-state index contributed by atoms with van der Waals surface area (Å²) < 4.78 is 3.43. The Morgan fingerprint density at radius 1 is 0.630 bits per heavy atom. The fraction of sp³-hybridized carbons (Fsp3) is 0.333. The predicted molar refractivity (Wildman–Crippen MR) is 289 cm³/mol. The minimum Gasteiger partial charge on any atom is -0.396 e. The van der Waals surface area contributed by atoms with E-state index in [1.807, 2.05) is 73.1 Å². The van der Waals surface area contributed by atoms with Crippen LogP contribution in [0.25, 0.3) is 11.3 Å². The van der Waals surface area contributed by atoms with Gasteiger partial charge in [-0.1, -0.05) is 45.7 Å². The zero-order chi connectivity index (χ0) is 51.3. The first-order valence-electron chi connectivity index (χ1n) is 25.0. The first kappa shape index (κ1) is 51.2. The summed E-state index contributed by atoms with van der Waals surface area (Å²) in [4.78, 5) is 48.5. The molecule has 2 amide bonds. The maximum absolute atomic E-state index is 12.9. The summed E-state index contributed by atoms with van der Waals surface area (Å²) in [5, 5.41) is 43.8. The molecule has 3 aromatic carbocycles. The monoisotopic (exact) mass is 988 g/mol. The first-order valence-corrected chi connectivity index (χ1v) is 25.0. The molecule has 2 aliphatic heterocycles. The van der Waals surface area contributed by atoms with Gasteiger partial charge in [-0.3, -0.25) is 9.59 Å². The normalized spacial score (nSPS) is 15.5. The second-order valence-corrected chi connectivity index (χ2v) is 17.9. The summed E-state index contributed by atoms with van der Waals surface area (Å²) in [6.45, 7) is 17.1. The highest BCUT2D eigenvalue weighted by Crippen LogP contribution is 2.30. The first-order chi connectivity index (χ1) is 35.6. The highest BCUT2D eigenvalue weighted by atomic mass is 16.3. The number of aromatic nitrogens is 8. The number of nitrogens with zero attached hydrogens (tertiary/aromatic N) is 10. The second kappa shape index (κ2) is 24.3. The van der Waals surface area contributed by atoms with Crippen LogP contribution in [0.1, 0.15) is 86.7 Å². The Bertz CT molecular complexity index is 3060. The number of fused-ring (bicyclic) bond motifs is 2. The smallest absolute Gasteiger partial charge is 0.255 e. The van der Waals surface area contributed by atoms with Crippen molar-refractivity contribution in [2.75, 3.05) is 62.7 Å². The van der Waals surface area contributed by atoms with Gasteiger partial charge in [0.15, 0.2) is 11.3 Å². The van der Waals surface area contributed by atoms with Gasteiger partial charge in [0.1, 0.15) is 0 Å². The molecule has 2 aliphatic rings. The number of carbonyl (C=O) groups is 2. The van der Waals surface area contributed by atoms with Gasteiger partial charge < -0.3 is 46.6 Å². The van der Waals surface area contributed by atoms with E-state index in [0.717, 1.165) is 104 Å². The number of hydrogen-bond donors (Lipinski definition) is 7. The van der Waals surface area contributed by atoms with Gasteiger partial charge in [-0.15, -0.1) is 0 Å². The van der Waals surface area contributed by atoms with Crippen molar-refractivity contribution < 1.29 is 19.8 Å². The molecule has 19 nitrogen and oxygen atoms in total. The third kappa shape index (κ3) is 12.5. The van der Waals surface area contributed by atoms with Gasteiger partial charge in [-0.2, -0.15) is 39.2 Å². The number of carbonyl (C=O) groups excluding carboxylic acids is 2. The molecule has 0 aliphatic carbocycles. The van der Waals surface area contributed by atoms with Gasteiger partial charge in [-0.05, 0) is 137 Å². The van der Waals surface area contributed by atoms with Crippen LogP contribution in [-0.2, 0) is 17.6 Å². The zero-order valence-electron chi connectivity index (χ0n) is 41.6. The predicted octanol–water partition coefficient (Wildman–Crippen LogP) is 8.83.